The average molecular weight is 179 g/mol. The van der Waals surface area contributed by atoms with Crippen LogP contribution in [0.3, 0.4) is 0 Å². The van der Waals surface area contributed by atoms with Crippen molar-refractivity contribution in [2.75, 3.05) is 0 Å². The highest BCUT2D eigenvalue weighted by molar-refractivity contribution is 5.99. The number of furan rings is 1. The molecule has 1 aromatic rings. The molecule has 0 radical (unpaired) electrons. The minimum absolute atomic E-state index is 0.459. The fraction of sp³-hybridized carbons (Fsp3) is 0.444. The van der Waals surface area contributed by atoms with Crippen LogP contribution >= 0.6 is 0 Å². The van der Waals surface area contributed by atoms with Crippen molar-refractivity contribution in [3.05, 3.63) is 23.7 Å². The van der Waals surface area contributed by atoms with E-state index in [1.807, 2.05) is 13.0 Å². The van der Waals surface area contributed by atoms with Crippen molar-refractivity contribution in [2.45, 2.75) is 25.8 Å². The number of hydrazine groups is 1. The number of nitrogens with one attached hydrogen (secondary N) is 1. The predicted molar refractivity (Wildman–Crippen MR) is 50.3 cm³/mol. The zero-order valence-electron chi connectivity index (χ0n) is 7.58. The van der Waals surface area contributed by atoms with Crippen molar-refractivity contribution in [3.63, 3.8) is 0 Å². The summed E-state index contributed by atoms with van der Waals surface area (Å²) in [5, 5.41) is 0. The van der Waals surface area contributed by atoms with Gasteiger partial charge in [0.05, 0.1) is 17.9 Å². The van der Waals surface area contributed by atoms with Crippen molar-refractivity contribution in [3.8, 4) is 0 Å². The lowest BCUT2D eigenvalue weighted by Crippen LogP contribution is -2.31. The van der Waals surface area contributed by atoms with E-state index < -0.39 is 0 Å². The summed E-state index contributed by atoms with van der Waals surface area (Å²) in [4.78, 5) is 4.43. The number of hydrogen-bond acceptors (Lipinski definition) is 3. The van der Waals surface area contributed by atoms with Crippen molar-refractivity contribution < 1.29 is 4.42 Å². The lowest BCUT2D eigenvalue weighted by Gasteiger charge is -2.02. The molecule has 2 rings (SSSR count). The predicted octanol–water partition coefficient (Wildman–Crippen LogP) is 0.960. The van der Waals surface area contributed by atoms with Crippen molar-refractivity contribution in [1.82, 2.24) is 5.43 Å². The standard InChI is InChI=1S/C9H13N3O/c1-6-8(4-5-13-6)9(12-10)11-7-2-3-7/h4-5,7H,2-3,10H2,1H3,(H,11,12). The molecule has 0 unspecified atom stereocenters. The van der Waals surface area contributed by atoms with Gasteiger partial charge in [-0.15, -0.1) is 0 Å². The van der Waals surface area contributed by atoms with Gasteiger partial charge in [0.1, 0.15) is 11.6 Å². The molecule has 0 saturated heterocycles. The molecule has 1 aliphatic carbocycles. The Balaban J connectivity index is 2.25. The smallest absolute Gasteiger partial charge is 0.146 e. The van der Waals surface area contributed by atoms with Crippen LogP contribution in [0.4, 0.5) is 0 Å². The molecule has 1 aliphatic rings. The maximum atomic E-state index is 5.39. The molecule has 0 aliphatic heterocycles. The van der Waals surface area contributed by atoms with Crippen LogP contribution in [0.2, 0.25) is 0 Å². The second kappa shape index (κ2) is 3.22. The van der Waals surface area contributed by atoms with Crippen molar-refractivity contribution in [1.29, 1.82) is 0 Å². The fourth-order valence-electron chi connectivity index (χ4n) is 1.20. The van der Waals surface area contributed by atoms with Crippen LogP contribution in [-0.2, 0) is 0 Å². The Morgan fingerprint density at radius 2 is 2.46 bits per heavy atom. The van der Waals surface area contributed by atoms with Crippen molar-refractivity contribution in [2.24, 2.45) is 10.8 Å². The Bertz CT molecular complexity index is 325. The highest BCUT2D eigenvalue weighted by Crippen LogP contribution is 2.24. The van der Waals surface area contributed by atoms with Crippen LogP contribution in [0.25, 0.3) is 0 Å². The quantitative estimate of drug-likeness (QED) is 0.307. The molecule has 4 nitrogen and oxygen atoms in total. The topological polar surface area (TPSA) is 63.5 Å². The van der Waals surface area contributed by atoms with E-state index in [9.17, 15) is 0 Å². The number of rotatable bonds is 2. The molecule has 1 saturated carbocycles. The normalized spacial score (nSPS) is 17.5. The van der Waals surface area contributed by atoms with Gasteiger partial charge >= 0.3 is 0 Å². The van der Waals surface area contributed by atoms with Gasteiger partial charge in [0, 0.05) is 0 Å². The monoisotopic (exact) mass is 179 g/mol. The van der Waals surface area contributed by atoms with Crippen LogP contribution in [-0.4, -0.2) is 11.9 Å². The number of amidine groups is 1. The molecular weight excluding hydrogens is 166 g/mol. The molecule has 70 valence electrons. The van der Waals surface area contributed by atoms with Gasteiger partial charge in [0.15, 0.2) is 0 Å². The summed E-state index contributed by atoms with van der Waals surface area (Å²) in [6, 6.07) is 2.33. The van der Waals surface area contributed by atoms with Gasteiger partial charge in [-0.3, -0.25) is 4.99 Å². The van der Waals surface area contributed by atoms with E-state index in [1.165, 1.54) is 12.8 Å². The van der Waals surface area contributed by atoms with Gasteiger partial charge in [-0.2, -0.15) is 0 Å². The molecule has 0 aromatic carbocycles. The van der Waals surface area contributed by atoms with Crippen LogP contribution in [0.1, 0.15) is 24.2 Å². The first-order valence-corrected chi connectivity index (χ1v) is 4.40. The van der Waals surface area contributed by atoms with Gasteiger partial charge in [-0.25, -0.2) is 5.84 Å². The second-order valence-corrected chi connectivity index (χ2v) is 3.24. The maximum absolute atomic E-state index is 5.39. The van der Waals surface area contributed by atoms with E-state index in [1.54, 1.807) is 6.26 Å². The summed E-state index contributed by atoms with van der Waals surface area (Å²) in [5.41, 5.74) is 3.56. The van der Waals surface area contributed by atoms with Crippen LogP contribution in [0.15, 0.2) is 21.7 Å². The number of hydrogen-bond donors (Lipinski definition) is 2. The molecule has 3 N–H and O–H groups in total. The third kappa shape index (κ3) is 1.72. The molecule has 4 heteroatoms. The van der Waals surface area contributed by atoms with Gasteiger partial charge in [-0.1, -0.05) is 0 Å². The molecular formula is C9H13N3O. The van der Waals surface area contributed by atoms with E-state index in [4.69, 9.17) is 10.3 Å². The van der Waals surface area contributed by atoms with Gasteiger partial charge in [-0.05, 0) is 25.8 Å². The molecule has 0 amide bonds. The highest BCUT2D eigenvalue weighted by atomic mass is 16.3. The van der Waals surface area contributed by atoms with Gasteiger partial charge in [0.25, 0.3) is 0 Å². The van der Waals surface area contributed by atoms with E-state index in [-0.39, 0.29) is 0 Å². The molecule has 1 aromatic heterocycles. The largest absolute Gasteiger partial charge is 0.469 e. The Morgan fingerprint density at radius 1 is 1.69 bits per heavy atom. The van der Waals surface area contributed by atoms with Crippen LogP contribution in [0, 0.1) is 6.92 Å². The summed E-state index contributed by atoms with van der Waals surface area (Å²) >= 11 is 0. The third-order valence-corrected chi connectivity index (χ3v) is 2.11. The van der Waals surface area contributed by atoms with E-state index in [0.717, 1.165) is 17.2 Å². The van der Waals surface area contributed by atoms with E-state index in [2.05, 4.69) is 10.4 Å². The molecule has 0 bridgehead atoms. The Kier molecular flexibility index (Phi) is 2.06. The first-order chi connectivity index (χ1) is 6.31. The number of aliphatic imine (C=N–C) groups is 1. The summed E-state index contributed by atoms with van der Waals surface area (Å²) < 4.78 is 5.17. The van der Waals surface area contributed by atoms with Gasteiger partial charge < -0.3 is 9.84 Å². The highest BCUT2D eigenvalue weighted by Gasteiger charge is 2.22. The van der Waals surface area contributed by atoms with Crippen molar-refractivity contribution >= 4 is 5.84 Å². The average Bonchev–Trinajstić information content (AvgIpc) is 2.85. The first kappa shape index (κ1) is 8.31. The maximum Gasteiger partial charge on any atom is 0.146 e. The Labute approximate surface area is 76.8 Å². The zero-order chi connectivity index (χ0) is 9.26. The number of nitrogens with zero attached hydrogens (tertiary/aromatic N) is 1. The first-order valence-electron chi connectivity index (χ1n) is 4.40. The Morgan fingerprint density at radius 3 is 2.92 bits per heavy atom. The molecule has 1 heterocycles. The SMILES string of the molecule is Cc1occc1C(=NC1CC1)NN. The number of aryl methyl sites for hydroxylation is 1. The molecule has 0 spiro atoms. The Hall–Kier alpha value is -1.29. The summed E-state index contributed by atoms with van der Waals surface area (Å²) in [6.45, 7) is 1.90. The fourth-order valence-corrected chi connectivity index (χ4v) is 1.20. The molecule has 0 atom stereocenters. The van der Waals surface area contributed by atoms with Crippen LogP contribution in [0.5, 0.6) is 0 Å². The summed E-state index contributed by atoms with van der Waals surface area (Å²) in [7, 11) is 0. The third-order valence-electron chi connectivity index (χ3n) is 2.11. The lowest BCUT2D eigenvalue weighted by atomic mass is 10.2. The minimum atomic E-state index is 0.459. The van der Waals surface area contributed by atoms with E-state index in [0.29, 0.717) is 6.04 Å². The van der Waals surface area contributed by atoms with E-state index >= 15 is 0 Å². The van der Waals surface area contributed by atoms with Gasteiger partial charge in [0.2, 0.25) is 0 Å². The number of nitrogens with two attached hydrogens (primary N) is 1. The summed E-state index contributed by atoms with van der Waals surface area (Å²) in [6.07, 6.45) is 3.98. The van der Waals surface area contributed by atoms with Crippen LogP contribution < -0.4 is 11.3 Å². The minimum Gasteiger partial charge on any atom is -0.469 e. The lowest BCUT2D eigenvalue weighted by molar-refractivity contribution is 0.533. The molecule has 13 heavy (non-hydrogen) atoms. The second-order valence-electron chi connectivity index (χ2n) is 3.24. The molecule has 1 fully saturated rings. The summed E-state index contributed by atoms with van der Waals surface area (Å²) in [5.74, 6) is 6.96. The zero-order valence-corrected chi connectivity index (χ0v) is 7.58.